The first-order valence-corrected chi connectivity index (χ1v) is 11.5. The molecule has 0 bridgehead atoms. The van der Waals surface area contributed by atoms with Crippen LogP contribution in [0.2, 0.25) is 0 Å². The predicted molar refractivity (Wildman–Crippen MR) is 121 cm³/mol. The lowest BCUT2D eigenvalue weighted by Crippen LogP contribution is -2.45. The first-order chi connectivity index (χ1) is 14.6. The van der Waals surface area contributed by atoms with Crippen molar-refractivity contribution in [2.75, 3.05) is 41.4 Å². The lowest BCUT2D eigenvalue weighted by atomic mass is 10.1. The van der Waals surface area contributed by atoms with Gasteiger partial charge in [0, 0.05) is 49.8 Å². The molecular formula is C23H27N3O3S. The van der Waals surface area contributed by atoms with E-state index >= 15 is 0 Å². The van der Waals surface area contributed by atoms with Crippen molar-refractivity contribution >= 4 is 35.0 Å². The summed E-state index contributed by atoms with van der Waals surface area (Å²) in [5, 5.41) is 2.98. The smallest absolute Gasteiger partial charge is 0.267 e. The Morgan fingerprint density at radius 2 is 1.97 bits per heavy atom. The summed E-state index contributed by atoms with van der Waals surface area (Å²) in [6, 6.07) is 15.5. The summed E-state index contributed by atoms with van der Waals surface area (Å²) in [5.41, 5.74) is 2.71. The van der Waals surface area contributed by atoms with Crippen LogP contribution >= 0.6 is 11.8 Å². The van der Waals surface area contributed by atoms with Gasteiger partial charge in [-0.25, -0.2) is 0 Å². The third-order valence-corrected chi connectivity index (χ3v) is 6.30. The number of anilines is 2. The maximum absolute atomic E-state index is 12.6. The quantitative estimate of drug-likeness (QED) is 0.769. The molecule has 0 radical (unpaired) electrons. The Balaban J connectivity index is 1.35. The van der Waals surface area contributed by atoms with E-state index in [4.69, 9.17) is 4.74 Å². The highest BCUT2D eigenvalue weighted by Gasteiger charge is 2.31. The van der Waals surface area contributed by atoms with Gasteiger partial charge in [-0.1, -0.05) is 24.3 Å². The predicted octanol–water partition coefficient (Wildman–Crippen LogP) is 3.38. The average Bonchev–Trinajstić information content (AvgIpc) is 2.75. The zero-order valence-corrected chi connectivity index (χ0v) is 18.0. The lowest BCUT2D eigenvalue weighted by Gasteiger charge is -2.32. The number of hydrogen-bond donors (Lipinski definition) is 1. The fraction of sp³-hybridized carbons (Fsp3) is 0.391. The van der Waals surface area contributed by atoms with E-state index in [1.807, 2.05) is 54.2 Å². The van der Waals surface area contributed by atoms with Crippen LogP contribution in [0.4, 0.5) is 11.4 Å². The Kier molecular flexibility index (Phi) is 6.59. The molecule has 1 unspecified atom stereocenters. The first kappa shape index (κ1) is 20.8. The SMILES string of the molecule is CC1Oc2ccccc2N(CCC(=O)Nc2cccc(CN3CCSCC3)c2)C1=O. The molecule has 1 saturated heterocycles. The second-order valence-corrected chi connectivity index (χ2v) is 8.83. The van der Waals surface area contributed by atoms with Gasteiger partial charge in [-0.2, -0.15) is 11.8 Å². The standard InChI is InChI=1S/C23H27N3O3S/c1-17-23(28)26(20-7-2-3-8-21(20)29-17)10-9-22(27)24-19-6-4-5-18(15-19)16-25-11-13-30-14-12-25/h2-8,15,17H,9-14,16H2,1H3,(H,24,27). The Hall–Kier alpha value is -2.51. The molecule has 2 amide bonds. The zero-order chi connectivity index (χ0) is 20.9. The third-order valence-electron chi connectivity index (χ3n) is 5.36. The van der Waals surface area contributed by atoms with Crippen molar-refractivity contribution in [3.63, 3.8) is 0 Å². The topological polar surface area (TPSA) is 61.9 Å². The van der Waals surface area contributed by atoms with Crippen molar-refractivity contribution in [3.05, 3.63) is 54.1 Å². The summed E-state index contributed by atoms with van der Waals surface area (Å²) in [6.07, 6.45) is -0.326. The fourth-order valence-corrected chi connectivity index (χ4v) is 4.77. The summed E-state index contributed by atoms with van der Waals surface area (Å²) in [7, 11) is 0. The van der Waals surface area contributed by atoms with Gasteiger partial charge in [0.1, 0.15) is 5.75 Å². The molecule has 2 heterocycles. The summed E-state index contributed by atoms with van der Waals surface area (Å²) in [4.78, 5) is 29.2. The van der Waals surface area contributed by atoms with Crippen LogP contribution in [0.5, 0.6) is 5.75 Å². The van der Waals surface area contributed by atoms with Crippen molar-refractivity contribution in [2.45, 2.75) is 26.0 Å². The number of ether oxygens (including phenoxy) is 1. The van der Waals surface area contributed by atoms with Crippen LogP contribution in [0.1, 0.15) is 18.9 Å². The molecule has 2 aromatic rings. The molecule has 158 valence electrons. The number of carbonyl (C=O) groups is 2. The molecule has 0 aromatic heterocycles. The van der Waals surface area contributed by atoms with E-state index in [1.54, 1.807) is 11.8 Å². The number of carbonyl (C=O) groups excluding carboxylic acids is 2. The van der Waals surface area contributed by atoms with Crippen LogP contribution in [0.15, 0.2) is 48.5 Å². The number of nitrogens with zero attached hydrogens (tertiary/aromatic N) is 2. The minimum atomic E-state index is -0.548. The summed E-state index contributed by atoms with van der Waals surface area (Å²) >= 11 is 2.00. The molecule has 1 atom stereocenters. The number of nitrogens with one attached hydrogen (secondary N) is 1. The largest absolute Gasteiger partial charge is 0.479 e. The Morgan fingerprint density at radius 3 is 2.80 bits per heavy atom. The summed E-state index contributed by atoms with van der Waals surface area (Å²) in [5.74, 6) is 2.81. The van der Waals surface area contributed by atoms with Crippen molar-refractivity contribution < 1.29 is 14.3 Å². The molecule has 0 aliphatic carbocycles. The van der Waals surface area contributed by atoms with Gasteiger partial charge in [-0.05, 0) is 36.8 Å². The molecule has 30 heavy (non-hydrogen) atoms. The molecular weight excluding hydrogens is 398 g/mol. The normalized spacial score (nSPS) is 19.2. The molecule has 0 spiro atoms. The molecule has 7 heteroatoms. The molecule has 1 fully saturated rings. The average molecular weight is 426 g/mol. The van der Waals surface area contributed by atoms with Gasteiger partial charge in [-0.15, -0.1) is 0 Å². The van der Waals surface area contributed by atoms with E-state index in [-0.39, 0.29) is 18.2 Å². The number of fused-ring (bicyclic) bond motifs is 1. The van der Waals surface area contributed by atoms with E-state index in [9.17, 15) is 9.59 Å². The van der Waals surface area contributed by atoms with Crippen LogP contribution in [0.3, 0.4) is 0 Å². The van der Waals surface area contributed by atoms with Gasteiger partial charge in [0.15, 0.2) is 6.10 Å². The Bertz CT molecular complexity index is 914. The van der Waals surface area contributed by atoms with Crippen molar-refractivity contribution in [1.82, 2.24) is 4.90 Å². The van der Waals surface area contributed by atoms with Gasteiger partial charge >= 0.3 is 0 Å². The molecule has 6 nitrogen and oxygen atoms in total. The first-order valence-electron chi connectivity index (χ1n) is 10.4. The lowest BCUT2D eigenvalue weighted by molar-refractivity contribution is -0.125. The highest BCUT2D eigenvalue weighted by molar-refractivity contribution is 7.99. The van der Waals surface area contributed by atoms with E-state index in [0.29, 0.717) is 12.3 Å². The number of para-hydroxylation sites is 2. The van der Waals surface area contributed by atoms with E-state index in [2.05, 4.69) is 16.3 Å². The second kappa shape index (κ2) is 9.53. The van der Waals surface area contributed by atoms with Crippen LogP contribution in [0.25, 0.3) is 0 Å². The molecule has 1 N–H and O–H groups in total. The van der Waals surface area contributed by atoms with Crippen molar-refractivity contribution in [2.24, 2.45) is 0 Å². The molecule has 2 aromatic carbocycles. The summed E-state index contributed by atoms with van der Waals surface area (Å²) < 4.78 is 5.66. The molecule has 4 rings (SSSR count). The second-order valence-electron chi connectivity index (χ2n) is 7.60. The van der Waals surface area contributed by atoms with Gasteiger partial charge in [-0.3, -0.25) is 14.5 Å². The molecule has 2 aliphatic heterocycles. The monoisotopic (exact) mass is 425 g/mol. The van der Waals surface area contributed by atoms with E-state index in [1.165, 1.54) is 17.1 Å². The van der Waals surface area contributed by atoms with Crippen LogP contribution < -0.4 is 15.0 Å². The molecule has 2 aliphatic rings. The third kappa shape index (κ3) is 4.96. The van der Waals surface area contributed by atoms with Crippen molar-refractivity contribution in [3.8, 4) is 5.75 Å². The number of rotatable bonds is 6. The highest BCUT2D eigenvalue weighted by atomic mass is 32.2. The number of hydrogen-bond acceptors (Lipinski definition) is 5. The maximum Gasteiger partial charge on any atom is 0.267 e. The van der Waals surface area contributed by atoms with Gasteiger partial charge in [0.25, 0.3) is 5.91 Å². The highest BCUT2D eigenvalue weighted by Crippen LogP contribution is 2.33. The Labute approximate surface area is 181 Å². The van der Waals surface area contributed by atoms with E-state index < -0.39 is 6.10 Å². The zero-order valence-electron chi connectivity index (χ0n) is 17.2. The van der Waals surface area contributed by atoms with Gasteiger partial charge in [0.05, 0.1) is 5.69 Å². The van der Waals surface area contributed by atoms with E-state index in [0.717, 1.165) is 31.0 Å². The number of amides is 2. The van der Waals surface area contributed by atoms with Gasteiger partial charge in [0.2, 0.25) is 5.91 Å². The van der Waals surface area contributed by atoms with Crippen LogP contribution in [-0.4, -0.2) is 54.0 Å². The van der Waals surface area contributed by atoms with Crippen molar-refractivity contribution in [1.29, 1.82) is 0 Å². The minimum absolute atomic E-state index is 0.106. The van der Waals surface area contributed by atoms with Crippen LogP contribution in [-0.2, 0) is 16.1 Å². The molecule has 0 saturated carbocycles. The number of thioether (sulfide) groups is 1. The van der Waals surface area contributed by atoms with Gasteiger partial charge < -0.3 is 15.0 Å². The Morgan fingerprint density at radius 1 is 1.17 bits per heavy atom. The fourth-order valence-electron chi connectivity index (χ4n) is 3.79. The number of benzene rings is 2. The van der Waals surface area contributed by atoms with Crippen LogP contribution in [0, 0.1) is 0 Å². The minimum Gasteiger partial charge on any atom is -0.479 e. The summed E-state index contributed by atoms with van der Waals surface area (Å²) in [6.45, 7) is 5.17. The maximum atomic E-state index is 12.6.